The molecule has 1 aliphatic carbocycles. The van der Waals surface area contributed by atoms with Gasteiger partial charge in [-0.05, 0) is 43.7 Å². The number of rotatable bonds is 8. The van der Waals surface area contributed by atoms with Crippen LogP contribution < -0.4 is 5.32 Å². The average Bonchev–Trinajstić information content (AvgIpc) is 3.44. The minimum Gasteiger partial charge on any atom is -0.337 e. The van der Waals surface area contributed by atoms with E-state index in [0.717, 1.165) is 12.8 Å². The zero-order chi connectivity index (χ0) is 20.3. The normalized spacial score (nSPS) is 15.9. The number of nitriles is 1. The van der Waals surface area contributed by atoms with E-state index in [1.54, 1.807) is 25.1 Å². The summed E-state index contributed by atoms with van der Waals surface area (Å²) in [5.41, 5.74) is -0.431. The Labute approximate surface area is 168 Å². The molecule has 6 nitrogen and oxygen atoms in total. The van der Waals surface area contributed by atoms with Crippen molar-refractivity contribution in [3.63, 3.8) is 0 Å². The number of carbonyl (C=O) groups is 1. The van der Waals surface area contributed by atoms with Crippen LogP contribution in [0.3, 0.4) is 0 Å². The van der Waals surface area contributed by atoms with Crippen LogP contribution in [0.4, 0.5) is 4.39 Å². The van der Waals surface area contributed by atoms with Crippen molar-refractivity contribution < 1.29 is 9.18 Å². The summed E-state index contributed by atoms with van der Waals surface area (Å²) in [7, 11) is 0. The molecular weight excluding hydrogens is 377 g/mol. The number of carbonyl (C=O) groups excluding carboxylic acids is 1. The molecule has 0 aliphatic heterocycles. The van der Waals surface area contributed by atoms with Crippen molar-refractivity contribution in [2.24, 2.45) is 11.8 Å². The number of thioether (sulfide) groups is 1. The Balaban J connectivity index is 1.76. The molecule has 0 radical (unpaired) electrons. The summed E-state index contributed by atoms with van der Waals surface area (Å²) in [6.07, 6.45) is 1.93. The number of halogens is 1. The fraction of sp³-hybridized carbons (Fsp3) is 0.500. The molecule has 2 aromatic rings. The van der Waals surface area contributed by atoms with Gasteiger partial charge in [-0.15, -0.1) is 10.2 Å². The van der Waals surface area contributed by atoms with E-state index in [9.17, 15) is 14.4 Å². The third-order valence-electron chi connectivity index (χ3n) is 4.74. The summed E-state index contributed by atoms with van der Waals surface area (Å²) in [4.78, 5) is 12.4. The maximum absolute atomic E-state index is 14.2. The molecule has 1 unspecified atom stereocenters. The third-order valence-corrected chi connectivity index (χ3v) is 5.70. The van der Waals surface area contributed by atoms with Gasteiger partial charge < -0.3 is 9.88 Å². The van der Waals surface area contributed by atoms with Crippen molar-refractivity contribution in [1.82, 2.24) is 20.1 Å². The summed E-state index contributed by atoms with van der Waals surface area (Å²) in [6, 6.07) is 8.68. The Morgan fingerprint density at radius 2 is 2.14 bits per heavy atom. The first-order valence-electron chi connectivity index (χ1n) is 9.37. The quantitative estimate of drug-likeness (QED) is 0.683. The third kappa shape index (κ3) is 4.53. The van der Waals surface area contributed by atoms with Crippen molar-refractivity contribution in [2.75, 3.05) is 5.75 Å². The maximum atomic E-state index is 14.2. The molecule has 1 aliphatic rings. The Bertz CT molecular complexity index is 902. The zero-order valence-electron chi connectivity index (χ0n) is 16.3. The van der Waals surface area contributed by atoms with Crippen LogP contribution in [-0.4, -0.2) is 32.0 Å². The Kier molecular flexibility index (Phi) is 6.04. The van der Waals surface area contributed by atoms with E-state index in [2.05, 4.69) is 35.4 Å². The Hall–Kier alpha value is -2.40. The van der Waals surface area contributed by atoms with Crippen LogP contribution in [-0.2, 0) is 11.3 Å². The molecular formula is C20H24FN5OS. The average molecular weight is 402 g/mol. The highest BCUT2D eigenvalue weighted by Gasteiger charge is 2.43. The molecule has 28 heavy (non-hydrogen) atoms. The molecule has 1 aromatic carbocycles. The number of benzene rings is 1. The van der Waals surface area contributed by atoms with Gasteiger partial charge in [-0.25, -0.2) is 4.39 Å². The lowest BCUT2D eigenvalue weighted by Gasteiger charge is -2.22. The minimum absolute atomic E-state index is 0.123. The van der Waals surface area contributed by atoms with E-state index < -0.39 is 5.54 Å². The van der Waals surface area contributed by atoms with Gasteiger partial charge in [0, 0.05) is 6.54 Å². The molecule has 1 N–H and O–H groups in total. The van der Waals surface area contributed by atoms with Crippen LogP contribution in [0.25, 0.3) is 11.4 Å². The van der Waals surface area contributed by atoms with Gasteiger partial charge in [-0.2, -0.15) is 5.26 Å². The highest BCUT2D eigenvalue weighted by atomic mass is 32.2. The SMILES string of the molecule is CC(C)Cn1c(SCC(=O)NC(C)(C#N)C2CC2)nnc1-c1ccccc1F. The molecule has 8 heteroatoms. The van der Waals surface area contributed by atoms with E-state index in [1.807, 2.05) is 4.57 Å². The predicted molar refractivity (Wildman–Crippen MR) is 106 cm³/mol. The molecule has 3 rings (SSSR count). The van der Waals surface area contributed by atoms with Crippen molar-refractivity contribution in [1.29, 1.82) is 5.26 Å². The van der Waals surface area contributed by atoms with Crippen LogP contribution in [0.15, 0.2) is 29.4 Å². The van der Waals surface area contributed by atoms with Crippen LogP contribution in [0.1, 0.15) is 33.6 Å². The lowest BCUT2D eigenvalue weighted by Crippen LogP contribution is -2.47. The number of nitrogens with one attached hydrogen (secondary N) is 1. The molecule has 1 heterocycles. The summed E-state index contributed by atoms with van der Waals surface area (Å²) >= 11 is 1.25. The van der Waals surface area contributed by atoms with Crippen LogP contribution >= 0.6 is 11.8 Å². The van der Waals surface area contributed by atoms with Crippen molar-refractivity contribution >= 4 is 17.7 Å². The van der Waals surface area contributed by atoms with Gasteiger partial charge in [0.2, 0.25) is 5.91 Å². The topological polar surface area (TPSA) is 83.6 Å². The molecule has 1 aromatic heterocycles. The minimum atomic E-state index is -0.818. The second kappa shape index (κ2) is 8.31. The highest BCUT2D eigenvalue weighted by molar-refractivity contribution is 7.99. The molecule has 1 atom stereocenters. The van der Waals surface area contributed by atoms with Crippen molar-refractivity contribution in [3.8, 4) is 17.5 Å². The molecule has 1 fully saturated rings. The lowest BCUT2D eigenvalue weighted by molar-refractivity contribution is -0.119. The first kappa shape index (κ1) is 20.3. The van der Waals surface area contributed by atoms with Crippen LogP contribution in [0.5, 0.6) is 0 Å². The molecule has 0 saturated heterocycles. The summed E-state index contributed by atoms with van der Waals surface area (Å²) in [5, 5.41) is 21.2. The number of hydrogen-bond donors (Lipinski definition) is 1. The molecule has 0 spiro atoms. The van der Waals surface area contributed by atoms with Crippen molar-refractivity contribution in [2.45, 2.75) is 50.9 Å². The van der Waals surface area contributed by atoms with Gasteiger partial charge in [0.05, 0.1) is 17.4 Å². The first-order chi connectivity index (χ1) is 13.3. The summed E-state index contributed by atoms with van der Waals surface area (Å²) < 4.78 is 16.1. The maximum Gasteiger partial charge on any atom is 0.231 e. The smallest absolute Gasteiger partial charge is 0.231 e. The van der Waals surface area contributed by atoms with Crippen molar-refractivity contribution in [3.05, 3.63) is 30.1 Å². The second-order valence-corrected chi connectivity index (χ2v) is 8.66. The van der Waals surface area contributed by atoms with Crippen LogP contribution in [0.2, 0.25) is 0 Å². The van der Waals surface area contributed by atoms with E-state index in [1.165, 1.54) is 17.8 Å². The predicted octanol–water partition coefficient (Wildman–Crippen LogP) is 3.64. The fourth-order valence-corrected chi connectivity index (χ4v) is 3.85. The highest BCUT2D eigenvalue weighted by Crippen LogP contribution is 2.39. The molecule has 1 amide bonds. The second-order valence-electron chi connectivity index (χ2n) is 7.72. The van der Waals surface area contributed by atoms with Gasteiger partial charge in [0.25, 0.3) is 0 Å². The summed E-state index contributed by atoms with van der Waals surface area (Å²) in [5.74, 6) is 0.526. The Morgan fingerprint density at radius 3 is 2.75 bits per heavy atom. The number of amides is 1. The molecule has 0 bridgehead atoms. The Morgan fingerprint density at radius 1 is 1.43 bits per heavy atom. The number of hydrogen-bond acceptors (Lipinski definition) is 5. The van der Waals surface area contributed by atoms with Crippen LogP contribution in [0, 0.1) is 29.0 Å². The molecule has 148 valence electrons. The summed E-state index contributed by atoms with van der Waals surface area (Å²) in [6.45, 7) is 6.49. The van der Waals surface area contributed by atoms with Gasteiger partial charge in [0.1, 0.15) is 11.4 Å². The van der Waals surface area contributed by atoms with E-state index >= 15 is 0 Å². The van der Waals surface area contributed by atoms with E-state index in [4.69, 9.17) is 0 Å². The lowest BCUT2D eigenvalue weighted by atomic mass is 9.98. The number of aromatic nitrogens is 3. The molecule has 1 saturated carbocycles. The first-order valence-corrected chi connectivity index (χ1v) is 10.4. The number of nitrogens with zero attached hydrogens (tertiary/aromatic N) is 4. The largest absolute Gasteiger partial charge is 0.337 e. The van der Waals surface area contributed by atoms with E-state index in [0.29, 0.717) is 29.0 Å². The van der Waals surface area contributed by atoms with E-state index in [-0.39, 0.29) is 23.4 Å². The van der Waals surface area contributed by atoms with Gasteiger partial charge >= 0.3 is 0 Å². The zero-order valence-corrected chi connectivity index (χ0v) is 17.1. The van der Waals surface area contributed by atoms with Gasteiger partial charge in [-0.1, -0.05) is 37.7 Å². The fourth-order valence-electron chi connectivity index (χ4n) is 3.10. The standard InChI is InChI=1S/C20H24FN5OS/c1-13(2)10-26-18(15-6-4-5-7-16(15)21)24-25-19(26)28-11-17(27)23-20(3,12-22)14-8-9-14/h4-7,13-14H,8-11H2,1-3H3,(H,23,27). The van der Waals surface area contributed by atoms with Gasteiger partial charge in [0.15, 0.2) is 11.0 Å². The van der Waals surface area contributed by atoms with Gasteiger partial charge in [-0.3, -0.25) is 4.79 Å². The monoisotopic (exact) mass is 401 g/mol.